The Balaban J connectivity index is 0.000000226. The van der Waals surface area contributed by atoms with Gasteiger partial charge in [-0.05, 0) is 36.4 Å². The summed E-state index contributed by atoms with van der Waals surface area (Å²) in [4.78, 5) is 49.8. The Labute approximate surface area is 231 Å². The number of aromatic carboxylic acids is 1. The lowest BCUT2D eigenvalue weighted by molar-refractivity contribution is -0.384. The van der Waals surface area contributed by atoms with Crippen LogP contribution in [0.25, 0.3) is 0 Å². The summed E-state index contributed by atoms with van der Waals surface area (Å²) in [5.41, 5.74) is 0.578. The van der Waals surface area contributed by atoms with Crippen molar-refractivity contribution in [1.82, 2.24) is 9.97 Å². The zero-order valence-electron chi connectivity index (χ0n) is 21.5. The number of aldehydes is 1. The van der Waals surface area contributed by atoms with Crippen LogP contribution in [0.2, 0.25) is 0 Å². The number of benzene rings is 2. The molecule has 0 saturated carbocycles. The minimum Gasteiger partial charge on any atom is -0.477 e. The van der Waals surface area contributed by atoms with E-state index in [4.69, 9.17) is 14.6 Å². The molecular formula is C26H22N6O9. The maximum Gasteiger partial charge on any atom is 0.354 e. The van der Waals surface area contributed by atoms with Gasteiger partial charge in [-0.2, -0.15) is 0 Å². The van der Waals surface area contributed by atoms with Crippen LogP contribution in [0.5, 0.6) is 23.0 Å². The second kappa shape index (κ2) is 13.6. The lowest BCUT2D eigenvalue weighted by Crippen LogP contribution is -2.00. The number of nitrogens with one attached hydrogen (secondary N) is 2. The van der Waals surface area contributed by atoms with Crippen LogP contribution in [0.3, 0.4) is 0 Å². The summed E-state index contributed by atoms with van der Waals surface area (Å²) < 4.78 is 10.9. The molecule has 0 unspecified atom stereocenters. The molecule has 4 rings (SSSR count). The summed E-state index contributed by atoms with van der Waals surface area (Å²) in [6.45, 7) is 0. The van der Waals surface area contributed by atoms with Gasteiger partial charge in [0.05, 0.1) is 22.0 Å². The Morgan fingerprint density at radius 1 is 0.780 bits per heavy atom. The average molecular weight is 562 g/mol. The molecule has 0 radical (unpaired) electrons. The van der Waals surface area contributed by atoms with Gasteiger partial charge in [0, 0.05) is 38.6 Å². The fraction of sp³-hybridized carbons (Fsp3) is 0.0769. The number of nitrogens with zero attached hydrogens (tertiary/aromatic N) is 4. The van der Waals surface area contributed by atoms with Crippen LogP contribution in [0, 0.1) is 20.2 Å². The maximum absolute atomic E-state index is 11.0. The molecule has 41 heavy (non-hydrogen) atoms. The van der Waals surface area contributed by atoms with Gasteiger partial charge in [-0.25, -0.2) is 9.78 Å². The molecule has 2 aromatic heterocycles. The van der Waals surface area contributed by atoms with Crippen LogP contribution >= 0.6 is 0 Å². The van der Waals surface area contributed by atoms with Crippen LogP contribution in [0.15, 0.2) is 73.1 Å². The highest BCUT2D eigenvalue weighted by Crippen LogP contribution is 2.32. The quantitative estimate of drug-likeness (QED) is 0.130. The number of carboxylic acid groups (broad SMARTS) is 1. The molecule has 0 aliphatic rings. The monoisotopic (exact) mass is 562 g/mol. The number of pyridine rings is 2. The van der Waals surface area contributed by atoms with Gasteiger partial charge in [0.25, 0.3) is 11.4 Å². The minimum absolute atomic E-state index is 0.0883. The van der Waals surface area contributed by atoms with Gasteiger partial charge in [-0.15, -0.1) is 0 Å². The van der Waals surface area contributed by atoms with Crippen LogP contribution in [-0.4, -0.2) is 51.3 Å². The molecule has 210 valence electrons. The van der Waals surface area contributed by atoms with Gasteiger partial charge in [0.2, 0.25) is 0 Å². The Morgan fingerprint density at radius 2 is 1.24 bits per heavy atom. The van der Waals surface area contributed by atoms with Crippen molar-refractivity contribution in [3.8, 4) is 23.0 Å². The summed E-state index contributed by atoms with van der Waals surface area (Å²) in [5, 5.41) is 36.2. The molecule has 2 heterocycles. The van der Waals surface area contributed by atoms with E-state index in [2.05, 4.69) is 20.6 Å². The normalized spacial score (nSPS) is 9.90. The third kappa shape index (κ3) is 7.93. The van der Waals surface area contributed by atoms with Crippen molar-refractivity contribution in [2.24, 2.45) is 0 Å². The number of nitro groups is 2. The number of aromatic nitrogens is 2. The number of carbonyl (C=O) groups excluding carboxylic acids is 1. The highest BCUT2D eigenvalue weighted by atomic mass is 16.6. The predicted octanol–water partition coefficient (Wildman–Crippen LogP) is 5.16. The summed E-state index contributed by atoms with van der Waals surface area (Å²) in [6.07, 6.45) is 3.31. The molecule has 0 spiro atoms. The summed E-state index contributed by atoms with van der Waals surface area (Å²) in [5.74, 6) is -0.0403. The number of rotatable bonds is 10. The van der Waals surface area contributed by atoms with Crippen molar-refractivity contribution in [1.29, 1.82) is 0 Å². The molecule has 15 heteroatoms. The highest BCUT2D eigenvalue weighted by Gasteiger charge is 2.16. The van der Waals surface area contributed by atoms with E-state index in [0.29, 0.717) is 29.2 Å². The van der Waals surface area contributed by atoms with E-state index in [-0.39, 0.29) is 34.3 Å². The van der Waals surface area contributed by atoms with Gasteiger partial charge in [-0.3, -0.25) is 30.0 Å². The molecule has 2 aromatic carbocycles. The number of anilines is 2. The number of hydrogen-bond donors (Lipinski definition) is 3. The Hall–Kier alpha value is -6.12. The van der Waals surface area contributed by atoms with Crippen molar-refractivity contribution in [2.75, 3.05) is 24.7 Å². The third-order valence-corrected chi connectivity index (χ3v) is 5.17. The fourth-order valence-electron chi connectivity index (χ4n) is 3.29. The molecule has 0 saturated heterocycles. The number of hydrogen-bond acceptors (Lipinski definition) is 12. The maximum atomic E-state index is 11.0. The van der Waals surface area contributed by atoms with Gasteiger partial charge in [0.15, 0.2) is 12.0 Å². The first-order valence-corrected chi connectivity index (χ1v) is 11.5. The van der Waals surface area contributed by atoms with E-state index in [1.54, 1.807) is 38.4 Å². The van der Waals surface area contributed by atoms with E-state index in [0.717, 1.165) is 0 Å². The molecular weight excluding hydrogens is 540 g/mol. The number of ether oxygens (including phenoxy) is 2. The van der Waals surface area contributed by atoms with Crippen LogP contribution in [-0.2, 0) is 0 Å². The lowest BCUT2D eigenvalue weighted by atomic mass is 10.2. The summed E-state index contributed by atoms with van der Waals surface area (Å²) in [7, 11) is 3.17. The molecule has 3 N–H and O–H groups in total. The first-order chi connectivity index (χ1) is 19.6. The van der Waals surface area contributed by atoms with Crippen molar-refractivity contribution < 1.29 is 34.0 Å². The topological polar surface area (TPSA) is 209 Å². The number of nitro benzene ring substituents is 2. The van der Waals surface area contributed by atoms with Gasteiger partial charge >= 0.3 is 5.97 Å². The zero-order chi connectivity index (χ0) is 29.9. The van der Waals surface area contributed by atoms with Gasteiger partial charge in [0.1, 0.15) is 40.1 Å². The molecule has 0 atom stereocenters. The third-order valence-electron chi connectivity index (χ3n) is 5.17. The van der Waals surface area contributed by atoms with Gasteiger partial charge < -0.3 is 25.2 Å². The highest BCUT2D eigenvalue weighted by molar-refractivity contribution is 5.85. The minimum atomic E-state index is -1.18. The first-order valence-electron chi connectivity index (χ1n) is 11.5. The van der Waals surface area contributed by atoms with E-state index in [1.165, 1.54) is 48.8 Å². The summed E-state index contributed by atoms with van der Waals surface area (Å²) >= 11 is 0. The van der Waals surface area contributed by atoms with E-state index >= 15 is 0 Å². The van der Waals surface area contributed by atoms with E-state index in [9.17, 15) is 29.8 Å². The van der Waals surface area contributed by atoms with Crippen molar-refractivity contribution in [2.45, 2.75) is 0 Å². The molecule has 15 nitrogen and oxygen atoms in total. The molecule has 4 aromatic rings. The second-order valence-corrected chi connectivity index (χ2v) is 7.79. The SMILES string of the molecule is CNc1ccc(Oc2ccnc(C(=O)O)c2)cc1[N+](=O)[O-].CNc1ccc(Oc2ccnc(C=O)c2)cc1[N+](=O)[O-]. The van der Waals surface area contributed by atoms with Crippen molar-refractivity contribution >= 4 is 35.0 Å². The number of carboxylic acids is 1. The predicted molar refractivity (Wildman–Crippen MR) is 146 cm³/mol. The van der Waals surface area contributed by atoms with E-state index in [1.807, 2.05) is 0 Å². The van der Waals surface area contributed by atoms with Crippen molar-refractivity contribution in [3.63, 3.8) is 0 Å². The van der Waals surface area contributed by atoms with Gasteiger partial charge in [-0.1, -0.05) is 0 Å². The Bertz CT molecular complexity index is 1600. The molecule has 0 aliphatic carbocycles. The zero-order valence-corrected chi connectivity index (χ0v) is 21.5. The van der Waals surface area contributed by atoms with E-state index < -0.39 is 15.8 Å². The van der Waals surface area contributed by atoms with Crippen LogP contribution in [0.4, 0.5) is 22.7 Å². The van der Waals surface area contributed by atoms with Crippen LogP contribution in [0.1, 0.15) is 21.0 Å². The number of carbonyl (C=O) groups is 2. The molecule has 0 fully saturated rings. The largest absolute Gasteiger partial charge is 0.477 e. The second-order valence-electron chi connectivity index (χ2n) is 7.79. The summed E-state index contributed by atoms with van der Waals surface area (Å²) in [6, 6.07) is 14.5. The Morgan fingerprint density at radius 3 is 1.68 bits per heavy atom. The van der Waals surface area contributed by atoms with Crippen molar-refractivity contribution in [3.05, 3.63) is 105 Å². The average Bonchev–Trinajstić information content (AvgIpc) is 2.97. The Kier molecular flexibility index (Phi) is 9.77. The molecule has 0 aliphatic heterocycles. The first kappa shape index (κ1) is 29.4. The fourth-order valence-corrected chi connectivity index (χ4v) is 3.29. The standard InChI is InChI=1S/C13H11N3O5.C13H11N3O4/c1-14-10-3-2-8(7-12(10)16(19)20)21-9-4-5-15-11(6-9)13(17)18;1-14-12-3-2-10(7-13(12)16(18)19)20-11-4-5-15-9(6-11)8-17/h2-7,14H,1H3,(H,17,18);2-8,14H,1H3. The molecule has 0 bridgehead atoms. The smallest absolute Gasteiger partial charge is 0.354 e. The lowest BCUT2D eigenvalue weighted by Gasteiger charge is -2.08. The molecule has 0 amide bonds. The van der Waals surface area contributed by atoms with Crippen LogP contribution < -0.4 is 20.1 Å².